The van der Waals surface area contributed by atoms with Crippen molar-refractivity contribution in [1.82, 2.24) is 4.90 Å². The number of nitrogens with two attached hydrogens (primary N) is 1. The number of aliphatic imine (C=N–C) groups is 1. The van der Waals surface area contributed by atoms with Gasteiger partial charge in [-0.2, -0.15) is 0 Å². The lowest BCUT2D eigenvalue weighted by atomic mass is 10.1. The van der Waals surface area contributed by atoms with Crippen LogP contribution in [0.5, 0.6) is 0 Å². The molecule has 7 heteroatoms. The molecular weight excluding hydrogens is 289 g/mol. The molecule has 0 saturated heterocycles. The van der Waals surface area contributed by atoms with Crippen LogP contribution in [0.15, 0.2) is 17.1 Å². The summed E-state index contributed by atoms with van der Waals surface area (Å²) in [7, 11) is 1.33. The van der Waals surface area contributed by atoms with E-state index in [0.717, 1.165) is 5.56 Å². The molecule has 0 aliphatic carbocycles. The highest BCUT2D eigenvalue weighted by Gasteiger charge is 2.29. The average molecular weight is 302 g/mol. The van der Waals surface area contributed by atoms with Gasteiger partial charge in [-0.3, -0.25) is 0 Å². The summed E-state index contributed by atoms with van der Waals surface area (Å²) < 4.78 is 4.71. The molecule has 2 rings (SSSR count). The van der Waals surface area contributed by atoms with Crippen LogP contribution in [0, 0.1) is 0 Å². The minimum absolute atomic E-state index is 0.254. The van der Waals surface area contributed by atoms with Gasteiger partial charge >= 0.3 is 5.97 Å². The van der Waals surface area contributed by atoms with Gasteiger partial charge in [0.25, 0.3) is 0 Å². The Morgan fingerprint density at radius 3 is 2.84 bits per heavy atom. The second kappa shape index (κ2) is 5.27. The molecule has 0 radical (unpaired) electrons. The van der Waals surface area contributed by atoms with Crippen molar-refractivity contribution in [2.24, 2.45) is 10.7 Å². The van der Waals surface area contributed by atoms with E-state index in [2.05, 4.69) is 4.99 Å². The molecule has 2 N–H and O–H groups in total. The maximum Gasteiger partial charge on any atom is 0.328 e. The number of halogens is 2. The molecule has 1 heterocycles. The summed E-state index contributed by atoms with van der Waals surface area (Å²) in [5, 5.41) is 0.874. The number of guanidine groups is 1. The molecule has 1 unspecified atom stereocenters. The van der Waals surface area contributed by atoms with Gasteiger partial charge in [0.1, 0.15) is 6.04 Å². The zero-order valence-electron chi connectivity index (χ0n) is 10.5. The molecule has 0 spiro atoms. The van der Waals surface area contributed by atoms with E-state index in [1.54, 1.807) is 24.0 Å². The van der Waals surface area contributed by atoms with Gasteiger partial charge in [-0.1, -0.05) is 23.2 Å². The van der Waals surface area contributed by atoms with Gasteiger partial charge in [-0.15, -0.1) is 0 Å². The van der Waals surface area contributed by atoms with Crippen LogP contribution in [0.4, 0.5) is 5.69 Å². The Labute approximate surface area is 120 Å². The normalized spacial score (nSPS) is 15.6. The number of methoxy groups -OCH3 is 1. The summed E-state index contributed by atoms with van der Waals surface area (Å²) in [6, 6.07) is 2.87. The minimum atomic E-state index is -0.544. The molecule has 0 aromatic heterocycles. The monoisotopic (exact) mass is 301 g/mol. The fraction of sp³-hybridized carbons (Fsp3) is 0.333. The van der Waals surface area contributed by atoms with Crippen molar-refractivity contribution in [2.75, 3.05) is 7.11 Å². The minimum Gasteiger partial charge on any atom is -0.467 e. The summed E-state index contributed by atoms with van der Waals surface area (Å²) in [5.74, 6) is -0.136. The smallest absolute Gasteiger partial charge is 0.328 e. The lowest BCUT2D eigenvalue weighted by molar-refractivity contribution is -0.145. The van der Waals surface area contributed by atoms with E-state index in [1.807, 2.05) is 0 Å². The second-order valence-corrected chi connectivity index (χ2v) is 4.94. The van der Waals surface area contributed by atoms with Crippen molar-refractivity contribution >= 4 is 40.8 Å². The molecule has 1 atom stereocenters. The van der Waals surface area contributed by atoms with Crippen LogP contribution >= 0.6 is 23.2 Å². The van der Waals surface area contributed by atoms with E-state index in [1.165, 1.54) is 7.11 Å². The predicted octanol–water partition coefficient (Wildman–Crippen LogP) is 2.32. The molecule has 0 bridgehead atoms. The van der Waals surface area contributed by atoms with Crippen LogP contribution < -0.4 is 5.73 Å². The van der Waals surface area contributed by atoms with Gasteiger partial charge in [0.2, 0.25) is 0 Å². The quantitative estimate of drug-likeness (QED) is 0.851. The van der Waals surface area contributed by atoms with Gasteiger partial charge in [-0.05, 0) is 19.1 Å². The summed E-state index contributed by atoms with van der Waals surface area (Å²) in [4.78, 5) is 17.4. The van der Waals surface area contributed by atoms with Crippen molar-refractivity contribution in [2.45, 2.75) is 19.5 Å². The number of rotatable bonds is 2. The van der Waals surface area contributed by atoms with Gasteiger partial charge in [0.05, 0.1) is 29.4 Å². The SMILES string of the molecule is COC(=O)C(C)N1Cc2c(ccc(Cl)c2Cl)N=C1N. The maximum absolute atomic E-state index is 11.6. The number of carbonyl (C=O) groups excluding carboxylic acids is 1. The van der Waals surface area contributed by atoms with E-state index < -0.39 is 6.04 Å². The topological polar surface area (TPSA) is 67.9 Å². The van der Waals surface area contributed by atoms with Crippen LogP contribution in [-0.4, -0.2) is 30.0 Å². The average Bonchev–Trinajstić information content (AvgIpc) is 2.41. The number of fused-ring (bicyclic) bond motifs is 1. The fourth-order valence-electron chi connectivity index (χ4n) is 1.91. The van der Waals surface area contributed by atoms with E-state index in [0.29, 0.717) is 22.3 Å². The Morgan fingerprint density at radius 1 is 1.53 bits per heavy atom. The molecule has 1 aliphatic heterocycles. The maximum atomic E-state index is 11.6. The Hall–Kier alpha value is -1.46. The highest BCUT2D eigenvalue weighted by Crippen LogP contribution is 2.36. The van der Waals surface area contributed by atoms with Gasteiger partial charge in [0, 0.05) is 5.56 Å². The van der Waals surface area contributed by atoms with Gasteiger partial charge in [0.15, 0.2) is 5.96 Å². The molecule has 0 amide bonds. The van der Waals surface area contributed by atoms with Crippen LogP contribution in [-0.2, 0) is 16.1 Å². The van der Waals surface area contributed by atoms with Crippen molar-refractivity contribution < 1.29 is 9.53 Å². The fourth-order valence-corrected chi connectivity index (χ4v) is 2.31. The molecular formula is C12H13Cl2N3O2. The number of hydrogen-bond donors (Lipinski definition) is 1. The van der Waals surface area contributed by atoms with E-state index in [-0.39, 0.29) is 11.9 Å². The van der Waals surface area contributed by atoms with E-state index in [9.17, 15) is 4.79 Å². The Bertz CT molecular complexity index is 560. The predicted molar refractivity (Wildman–Crippen MR) is 74.8 cm³/mol. The second-order valence-electron chi connectivity index (χ2n) is 4.16. The van der Waals surface area contributed by atoms with Crippen molar-refractivity contribution in [3.05, 3.63) is 27.7 Å². The summed E-state index contributed by atoms with van der Waals surface area (Å²) in [6.45, 7) is 2.05. The first-order chi connectivity index (χ1) is 8.95. The van der Waals surface area contributed by atoms with Crippen LogP contribution in [0.3, 0.4) is 0 Å². The standard InChI is InChI=1S/C12H13Cl2N3O2/c1-6(11(18)19-2)17-5-7-9(16-12(17)15)4-3-8(13)10(7)14/h3-4,6H,5H2,1-2H3,(H2,15,16). The number of benzene rings is 1. The first kappa shape index (κ1) is 14.0. The Morgan fingerprint density at radius 2 is 2.21 bits per heavy atom. The van der Waals surface area contributed by atoms with Crippen molar-refractivity contribution in [3.8, 4) is 0 Å². The summed E-state index contributed by atoms with van der Waals surface area (Å²) >= 11 is 12.1. The molecule has 5 nitrogen and oxygen atoms in total. The highest BCUT2D eigenvalue weighted by molar-refractivity contribution is 6.42. The lowest BCUT2D eigenvalue weighted by Crippen LogP contribution is -2.48. The molecule has 102 valence electrons. The number of nitrogens with zero attached hydrogens (tertiary/aromatic N) is 2. The largest absolute Gasteiger partial charge is 0.467 e. The first-order valence-electron chi connectivity index (χ1n) is 5.61. The van der Waals surface area contributed by atoms with Crippen LogP contribution in [0.25, 0.3) is 0 Å². The molecule has 0 saturated carbocycles. The van der Waals surface area contributed by atoms with Crippen molar-refractivity contribution in [3.63, 3.8) is 0 Å². The van der Waals surface area contributed by atoms with Gasteiger partial charge < -0.3 is 15.4 Å². The molecule has 1 aliphatic rings. The van der Waals surface area contributed by atoms with Crippen molar-refractivity contribution in [1.29, 1.82) is 0 Å². The molecule has 1 aromatic carbocycles. The Kier molecular flexibility index (Phi) is 3.87. The van der Waals surface area contributed by atoms with E-state index in [4.69, 9.17) is 33.7 Å². The third kappa shape index (κ3) is 2.48. The number of hydrogen-bond acceptors (Lipinski definition) is 5. The molecule has 19 heavy (non-hydrogen) atoms. The van der Waals surface area contributed by atoms with Crippen LogP contribution in [0.2, 0.25) is 10.0 Å². The Balaban J connectivity index is 2.40. The van der Waals surface area contributed by atoms with E-state index >= 15 is 0 Å². The first-order valence-corrected chi connectivity index (χ1v) is 6.36. The van der Waals surface area contributed by atoms with Crippen LogP contribution in [0.1, 0.15) is 12.5 Å². The lowest BCUT2D eigenvalue weighted by Gasteiger charge is -2.32. The highest BCUT2D eigenvalue weighted by atomic mass is 35.5. The zero-order valence-corrected chi connectivity index (χ0v) is 12.0. The number of ether oxygens (including phenoxy) is 1. The zero-order chi connectivity index (χ0) is 14.2. The summed E-state index contributed by atoms with van der Waals surface area (Å²) in [6.07, 6.45) is 0. The van der Waals surface area contributed by atoms with Gasteiger partial charge in [-0.25, -0.2) is 9.79 Å². The third-order valence-corrected chi connectivity index (χ3v) is 3.88. The molecule has 0 fully saturated rings. The summed E-state index contributed by atoms with van der Waals surface area (Å²) in [5.41, 5.74) is 7.28. The third-order valence-electron chi connectivity index (χ3n) is 3.04. The number of carbonyl (C=O) groups is 1. The number of esters is 1. The molecule has 1 aromatic rings.